The molecule has 4 rings (SSSR count). The Kier molecular flexibility index (Phi) is 7.86. The molecule has 1 aliphatic heterocycles. The van der Waals surface area contributed by atoms with Crippen molar-refractivity contribution < 1.29 is 19.1 Å². The smallest absolute Gasteiger partial charge is 0.335 e. The summed E-state index contributed by atoms with van der Waals surface area (Å²) in [4.78, 5) is 25.0. The summed E-state index contributed by atoms with van der Waals surface area (Å²) < 4.78 is 15.6. The zero-order valence-corrected chi connectivity index (χ0v) is 22.8. The molecule has 1 saturated heterocycles. The van der Waals surface area contributed by atoms with Gasteiger partial charge in [-0.15, -0.1) is 0 Å². The SMILES string of the molecule is CC(C)(C)CC1NC(C(=O)Nc2ccc(C(=O)O)cc2)C(c2cccc(Cl)c2F)C1(N)c1ccc(Cl)cc1. The van der Waals surface area contributed by atoms with Gasteiger partial charge in [-0.25, -0.2) is 9.18 Å². The summed E-state index contributed by atoms with van der Waals surface area (Å²) in [5, 5.41) is 15.9. The molecule has 1 aliphatic rings. The van der Waals surface area contributed by atoms with Crippen LogP contribution in [0.2, 0.25) is 10.0 Å². The summed E-state index contributed by atoms with van der Waals surface area (Å²) in [6.07, 6.45) is 0.585. The fraction of sp³-hybridized carbons (Fsp3) is 0.310. The van der Waals surface area contributed by atoms with Crippen molar-refractivity contribution in [1.82, 2.24) is 5.32 Å². The van der Waals surface area contributed by atoms with Crippen LogP contribution in [-0.2, 0) is 10.3 Å². The topological polar surface area (TPSA) is 104 Å². The normalized spacial score (nSPS) is 23.3. The van der Waals surface area contributed by atoms with Crippen LogP contribution in [0.5, 0.6) is 0 Å². The van der Waals surface area contributed by atoms with Crippen molar-refractivity contribution in [2.75, 3.05) is 5.32 Å². The number of amides is 1. The second-order valence-corrected chi connectivity index (χ2v) is 11.7. The first-order valence-corrected chi connectivity index (χ1v) is 13.0. The molecule has 4 unspecified atom stereocenters. The van der Waals surface area contributed by atoms with Crippen molar-refractivity contribution in [2.45, 2.75) is 50.7 Å². The van der Waals surface area contributed by atoms with E-state index < -0.39 is 41.2 Å². The van der Waals surface area contributed by atoms with E-state index >= 15 is 4.39 Å². The average Bonchev–Trinajstić information content (AvgIpc) is 3.13. The zero-order chi connectivity index (χ0) is 27.8. The molecule has 0 aliphatic carbocycles. The number of hydrogen-bond acceptors (Lipinski definition) is 4. The van der Waals surface area contributed by atoms with E-state index in [0.29, 0.717) is 22.7 Å². The van der Waals surface area contributed by atoms with Gasteiger partial charge in [0.1, 0.15) is 5.82 Å². The highest BCUT2D eigenvalue weighted by Gasteiger charge is 2.57. The number of carboxylic acid groups (broad SMARTS) is 1. The number of carboxylic acids is 1. The highest BCUT2D eigenvalue weighted by molar-refractivity contribution is 6.31. The van der Waals surface area contributed by atoms with Gasteiger partial charge in [0.15, 0.2) is 0 Å². The lowest BCUT2D eigenvalue weighted by molar-refractivity contribution is -0.118. The van der Waals surface area contributed by atoms with Crippen molar-refractivity contribution >= 4 is 40.8 Å². The molecule has 0 bridgehead atoms. The van der Waals surface area contributed by atoms with Gasteiger partial charge in [0.2, 0.25) is 5.91 Å². The fourth-order valence-electron chi connectivity index (χ4n) is 5.24. The fourth-order valence-corrected chi connectivity index (χ4v) is 5.55. The minimum Gasteiger partial charge on any atom is -0.478 e. The summed E-state index contributed by atoms with van der Waals surface area (Å²) >= 11 is 12.4. The molecule has 0 aromatic heterocycles. The Morgan fingerprint density at radius 3 is 2.26 bits per heavy atom. The van der Waals surface area contributed by atoms with Gasteiger partial charge in [0.25, 0.3) is 0 Å². The predicted molar refractivity (Wildman–Crippen MR) is 148 cm³/mol. The Hall–Kier alpha value is -2.97. The molecule has 38 heavy (non-hydrogen) atoms. The molecule has 9 heteroatoms. The first kappa shape index (κ1) is 28.0. The average molecular weight is 558 g/mol. The largest absolute Gasteiger partial charge is 0.478 e. The lowest BCUT2D eigenvalue weighted by Crippen LogP contribution is -2.52. The van der Waals surface area contributed by atoms with Crippen molar-refractivity contribution in [1.29, 1.82) is 0 Å². The monoisotopic (exact) mass is 557 g/mol. The maximum absolute atomic E-state index is 15.6. The highest BCUT2D eigenvalue weighted by atomic mass is 35.5. The Labute approximate surface area is 231 Å². The van der Waals surface area contributed by atoms with Crippen LogP contribution in [0.25, 0.3) is 0 Å². The molecule has 0 radical (unpaired) electrons. The lowest BCUT2D eigenvalue weighted by atomic mass is 9.68. The van der Waals surface area contributed by atoms with Crippen LogP contribution in [0, 0.1) is 11.2 Å². The maximum Gasteiger partial charge on any atom is 0.335 e. The number of hydrogen-bond donors (Lipinski definition) is 4. The van der Waals surface area contributed by atoms with Gasteiger partial charge in [-0.3, -0.25) is 4.79 Å². The first-order chi connectivity index (χ1) is 17.8. The molecule has 3 aromatic rings. The number of halogens is 3. The minimum atomic E-state index is -1.21. The molecule has 5 N–H and O–H groups in total. The Morgan fingerprint density at radius 1 is 1.05 bits per heavy atom. The van der Waals surface area contributed by atoms with Gasteiger partial charge in [0.05, 0.1) is 22.2 Å². The number of carbonyl (C=O) groups is 2. The van der Waals surface area contributed by atoms with Crippen molar-refractivity contribution in [3.05, 3.63) is 99.3 Å². The third kappa shape index (κ3) is 5.57. The molecule has 1 fully saturated rings. The van der Waals surface area contributed by atoms with Crippen LogP contribution in [-0.4, -0.2) is 29.1 Å². The summed E-state index contributed by atoms with van der Waals surface area (Å²) in [6, 6.07) is 16.2. The van der Waals surface area contributed by atoms with Crippen LogP contribution >= 0.6 is 23.2 Å². The van der Waals surface area contributed by atoms with Crippen molar-refractivity contribution in [3.63, 3.8) is 0 Å². The molecule has 3 aromatic carbocycles. The third-order valence-electron chi connectivity index (χ3n) is 6.96. The number of nitrogens with two attached hydrogens (primary N) is 1. The number of benzene rings is 3. The number of nitrogens with one attached hydrogen (secondary N) is 2. The second kappa shape index (κ2) is 10.7. The van der Waals surface area contributed by atoms with E-state index in [1.54, 1.807) is 36.4 Å². The minimum absolute atomic E-state index is 0.0661. The standard InChI is InChI=1S/C29H30Cl2FN3O3/c1-28(2,3)15-22-29(33,17-9-11-18(30)12-10-17)23(20-5-4-6-21(31)24(20)32)25(35-22)26(36)34-19-13-7-16(8-14-19)27(37)38/h4-14,22-23,25,35H,15,33H2,1-3H3,(H,34,36)(H,37,38). The highest BCUT2D eigenvalue weighted by Crippen LogP contribution is 2.49. The van der Waals surface area contributed by atoms with Gasteiger partial charge in [-0.2, -0.15) is 0 Å². The Morgan fingerprint density at radius 2 is 1.68 bits per heavy atom. The van der Waals surface area contributed by atoms with E-state index in [-0.39, 0.29) is 21.6 Å². The molecular weight excluding hydrogens is 528 g/mol. The van der Waals surface area contributed by atoms with Crippen molar-refractivity contribution in [3.8, 4) is 0 Å². The molecule has 0 spiro atoms. The lowest BCUT2D eigenvalue weighted by Gasteiger charge is -2.39. The van der Waals surface area contributed by atoms with E-state index in [1.165, 1.54) is 30.3 Å². The molecule has 1 heterocycles. The zero-order valence-electron chi connectivity index (χ0n) is 21.3. The molecular formula is C29H30Cl2FN3O3. The van der Waals surface area contributed by atoms with Crippen LogP contribution in [0.3, 0.4) is 0 Å². The number of rotatable bonds is 6. The summed E-state index contributed by atoms with van der Waals surface area (Å²) in [6.45, 7) is 6.22. The van der Waals surface area contributed by atoms with Gasteiger partial charge < -0.3 is 21.5 Å². The van der Waals surface area contributed by atoms with E-state index in [1.807, 2.05) is 0 Å². The molecule has 4 atom stereocenters. The number of aromatic carboxylic acids is 1. The van der Waals surface area contributed by atoms with Gasteiger partial charge in [-0.1, -0.05) is 68.2 Å². The van der Waals surface area contributed by atoms with Crippen molar-refractivity contribution in [2.24, 2.45) is 11.1 Å². The van der Waals surface area contributed by atoms with Gasteiger partial charge >= 0.3 is 5.97 Å². The van der Waals surface area contributed by atoms with Crippen LogP contribution in [0.15, 0.2) is 66.7 Å². The summed E-state index contributed by atoms with van der Waals surface area (Å²) in [5.74, 6) is -2.98. The molecule has 200 valence electrons. The summed E-state index contributed by atoms with van der Waals surface area (Å²) in [7, 11) is 0. The van der Waals surface area contributed by atoms with Gasteiger partial charge in [0, 0.05) is 22.7 Å². The molecule has 6 nitrogen and oxygen atoms in total. The van der Waals surface area contributed by atoms with E-state index in [4.69, 9.17) is 28.9 Å². The number of anilines is 1. The quantitative estimate of drug-likeness (QED) is 0.289. The molecule has 0 saturated carbocycles. The van der Waals surface area contributed by atoms with Crippen LogP contribution in [0.1, 0.15) is 54.6 Å². The van der Waals surface area contributed by atoms with Gasteiger partial charge in [-0.05, 0) is 65.4 Å². The summed E-state index contributed by atoms with van der Waals surface area (Å²) in [5.41, 5.74) is 7.33. The maximum atomic E-state index is 15.6. The second-order valence-electron chi connectivity index (χ2n) is 10.9. The van der Waals surface area contributed by atoms with Crippen LogP contribution in [0.4, 0.5) is 10.1 Å². The Balaban J connectivity index is 1.84. The molecule has 1 amide bonds. The predicted octanol–water partition coefficient (Wildman–Crippen LogP) is 6.18. The number of carbonyl (C=O) groups excluding carboxylic acids is 1. The van der Waals surface area contributed by atoms with E-state index in [0.717, 1.165) is 0 Å². The third-order valence-corrected chi connectivity index (χ3v) is 7.51. The first-order valence-electron chi connectivity index (χ1n) is 12.2. The van der Waals surface area contributed by atoms with E-state index in [9.17, 15) is 14.7 Å². The van der Waals surface area contributed by atoms with E-state index in [2.05, 4.69) is 31.4 Å². The van der Waals surface area contributed by atoms with Crippen LogP contribution < -0.4 is 16.4 Å². The Bertz CT molecular complexity index is 1340.